The summed E-state index contributed by atoms with van der Waals surface area (Å²) in [6.07, 6.45) is 1.56. The summed E-state index contributed by atoms with van der Waals surface area (Å²) in [5.74, 6) is -0.593. The fourth-order valence-corrected chi connectivity index (χ4v) is 0.659. The van der Waals surface area contributed by atoms with E-state index >= 15 is 0 Å². The first kappa shape index (κ1) is 7.68. The van der Waals surface area contributed by atoms with E-state index in [9.17, 15) is 4.79 Å². The van der Waals surface area contributed by atoms with Gasteiger partial charge in [-0.3, -0.25) is 15.0 Å². The minimum Gasteiger partial charge on any atom is -0.288 e. The largest absolute Gasteiger partial charge is 0.293 e. The highest BCUT2D eigenvalue weighted by molar-refractivity contribution is 5.91. The lowest BCUT2D eigenvalue weighted by atomic mass is 10.3. The second kappa shape index (κ2) is 3.12. The molecule has 2 N–H and O–H groups in total. The molecule has 4 nitrogen and oxygen atoms in total. The highest BCUT2D eigenvalue weighted by Gasteiger charge is 2.02. The minimum absolute atomic E-state index is 0.207. The molecule has 0 aliphatic rings. The number of nitrogens with one attached hydrogen (secondary N) is 1. The third-order valence-electron chi connectivity index (χ3n) is 1.25. The summed E-state index contributed by atoms with van der Waals surface area (Å²) in [7, 11) is 0. The Bertz CT molecular complexity index is 256. The van der Waals surface area contributed by atoms with Gasteiger partial charge in [-0.1, -0.05) is 6.07 Å². The maximum Gasteiger partial charge on any atom is 0.293 e. The molecule has 0 radical (unpaired) electrons. The number of hydroxylamine groups is 1. The van der Waals surface area contributed by atoms with Gasteiger partial charge in [-0.15, -0.1) is 0 Å². The van der Waals surface area contributed by atoms with Gasteiger partial charge in [-0.2, -0.15) is 0 Å². The molecular formula is C7H8N2O2. The van der Waals surface area contributed by atoms with Crippen LogP contribution in [0.5, 0.6) is 0 Å². The molecule has 1 aromatic rings. The van der Waals surface area contributed by atoms with E-state index in [2.05, 4.69) is 4.98 Å². The van der Waals surface area contributed by atoms with Crippen LogP contribution in [-0.2, 0) is 0 Å². The van der Waals surface area contributed by atoms with Gasteiger partial charge in [0, 0.05) is 6.20 Å². The predicted molar refractivity (Wildman–Crippen MR) is 38.2 cm³/mol. The molecule has 0 spiro atoms. The second-order valence-corrected chi connectivity index (χ2v) is 2.16. The molecule has 58 valence electrons. The Kier molecular flexibility index (Phi) is 2.18. The number of pyridine rings is 1. The van der Waals surface area contributed by atoms with Crippen LogP contribution in [0.1, 0.15) is 16.1 Å². The van der Waals surface area contributed by atoms with Gasteiger partial charge in [-0.05, 0) is 18.6 Å². The van der Waals surface area contributed by atoms with Gasteiger partial charge in [0.1, 0.15) is 5.69 Å². The smallest absolute Gasteiger partial charge is 0.288 e. The first-order valence-corrected chi connectivity index (χ1v) is 3.11. The number of hydrogen-bond acceptors (Lipinski definition) is 3. The van der Waals surface area contributed by atoms with Gasteiger partial charge in [0.25, 0.3) is 5.91 Å². The first-order valence-electron chi connectivity index (χ1n) is 3.11. The summed E-state index contributed by atoms with van der Waals surface area (Å²) in [6, 6.07) is 3.29. The summed E-state index contributed by atoms with van der Waals surface area (Å²) in [6.45, 7) is 1.87. The quantitative estimate of drug-likeness (QED) is 0.455. The molecule has 1 aromatic heterocycles. The van der Waals surface area contributed by atoms with Crippen molar-refractivity contribution in [3.05, 3.63) is 29.6 Å². The zero-order valence-corrected chi connectivity index (χ0v) is 6.03. The van der Waals surface area contributed by atoms with Crippen molar-refractivity contribution in [1.29, 1.82) is 0 Å². The summed E-state index contributed by atoms with van der Waals surface area (Å²) < 4.78 is 0. The monoisotopic (exact) mass is 152 g/mol. The number of rotatable bonds is 1. The van der Waals surface area contributed by atoms with Gasteiger partial charge in [0.2, 0.25) is 0 Å². The Balaban J connectivity index is 2.90. The molecule has 0 aliphatic heterocycles. The number of carbonyl (C=O) groups excluding carboxylic acids is 1. The Morgan fingerprint density at radius 3 is 2.82 bits per heavy atom. The van der Waals surface area contributed by atoms with Gasteiger partial charge < -0.3 is 0 Å². The molecular weight excluding hydrogens is 144 g/mol. The van der Waals surface area contributed by atoms with Crippen LogP contribution in [0, 0.1) is 6.92 Å². The van der Waals surface area contributed by atoms with Crippen molar-refractivity contribution in [2.45, 2.75) is 6.92 Å². The Hall–Kier alpha value is -1.42. The molecule has 0 aliphatic carbocycles. The van der Waals surface area contributed by atoms with Gasteiger partial charge in [-0.25, -0.2) is 5.48 Å². The van der Waals surface area contributed by atoms with Gasteiger partial charge in [0.15, 0.2) is 0 Å². The van der Waals surface area contributed by atoms with E-state index < -0.39 is 5.91 Å². The highest BCUT2D eigenvalue weighted by Crippen LogP contribution is 1.97. The standard InChI is InChI=1S/C7H8N2O2/c1-5-2-3-6(8-4-5)7(10)9-11/h2-4,11H,1H3,(H,9,10). The molecule has 0 atom stereocenters. The fourth-order valence-electron chi connectivity index (χ4n) is 0.659. The molecule has 0 saturated heterocycles. The van der Waals surface area contributed by atoms with Crippen LogP contribution in [0.4, 0.5) is 0 Å². The molecule has 11 heavy (non-hydrogen) atoms. The molecule has 4 heteroatoms. The topological polar surface area (TPSA) is 62.2 Å². The lowest BCUT2D eigenvalue weighted by Crippen LogP contribution is -2.19. The van der Waals surface area contributed by atoms with Crippen molar-refractivity contribution in [2.75, 3.05) is 0 Å². The number of hydrogen-bond donors (Lipinski definition) is 2. The van der Waals surface area contributed by atoms with Crippen molar-refractivity contribution in [3.63, 3.8) is 0 Å². The molecule has 0 unspecified atom stereocenters. The summed E-state index contributed by atoms with van der Waals surface area (Å²) in [5, 5.41) is 8.22. The molecule has 1 amide bonds. The summed E-state index contributed by atoms with van der Waals surface area (Å²) >= 11 is 0. The Morgan fingerprint density at radius 1 is 1.64 bits per heavy atom. The van der Waals surface area contributed by atoms with Crippen molar-refractivity contribution < 1.29 is 10.0 Å². The molecule has 0 saturated carbocycles. The van der Waals surface area contributed by atoms with Crippen LogP contribution < -0.4 is 5.48 Å². The zero-order valence-electron chi connectivity index (χ0n) is 6.03. The molecule has 1 rings (SSSR count). The average molecular weight is 152 g/mol. The third-order valence-corrected chi connectivity index (χ3v) is 1.25. The van der Waals surface area contributed by atoms with Crippen LogP contribution >= 0.6 is 0 Å². The van der Waals surface area contributed by atoms with E-state index in [4.69, 9.17) is 5.21 Å². The predicted octanol–water partition coefficient (Wildman–Crippen LogP) is 0.509. The third kappa shape index (κ3) is 1.75. The Morgan fingerprint density at radius 2 is 2.36 bits per heavy atom. The van der Waals surface area contributed by atoms with Crippen molar-refractivity contribution in [2.24, 2.45) is 0 Å². The van der Waals surface area contributed by atoms with Crippen LogP contribution in [0.2, 0.25) is 0 Å². The van der Waals surface area contributed by atoms with Crippen molar-refractivity contribution >= 4 is 5.91 Å². The normalized spacial score (nSPS) is 9.27. The minimum atomic E-state index is -0.593. The van der Waals surface area contributed by atoms with Crippen LogP contribution in [0.25, 0.3) is 0 Å². The number of aryl methyl sites for hydroxylation is 1. The number of amides is 1. The second-order valence-electron chi connectivity index (χ2n) is 2.16. The van der Waals surface area contributed by atoms with Crippen molar-refractivity contribution in [1.82, 2.24) is 10.5 Å². The van der Waals surface area contributed by atoms with E-state index in [0.29, 0.717) is 0 Å². The molecule has 0 aromatic carbocycles. The van der Waals surface area contributed by atoms with E-state index in [0.717, 1.165) is 5.56 Å². The van der Waals surface area contributed by atoms with Gasteiger partial charge >= 0.3 is 0 Å². The lowest BCUT2D eigenvalue weighted by molar-refractivity contribution is 0.0701. The number of carbonyl (C=O) groups is 1. The van der Waals surface area contributed by atoms with Crippen LogP contribution in [0.15, 0.2) is 18.3 Å². The maximum absolute atomic E-state index is 10.7. The van der Waals surface area contributed by atoms with E-state index in [1.165, 1.54) is 5.48 Å². The highest BCUT2D eigenvalue weighted by atomic mass is 16.5. The van der Waals surface area contributed by atoms with E-state index in [-0.39, 0.29) is 5.69 Å². The van der Waals surface area contributed by atoms with E-state index in [1.807, 2.05) is 6.92 Å². The summed E-state index contributed by atoms with van der Waals surface area (Å²) in [5.41, 5.74) is 2.68. The number of aromatic nitrogens is 1. The number of nitrogens with zero attached hydrogens (tertiary/aromatic N) is 1. The first-order chi connectivity index (χ1) is 5.24. The van der Waals surface area contributed by atoms with Crippen molar-refractivity contribution in [3.8, 4) is 0 Å². The van der Waals surface area contributed by atoms with Gasteiger partial charge in [0.05, 0.1) is 0 Å². The lowest BCUT2D eigenvalue weighted by Gasteiger charge is -1.96. The van der Waals surface area contributed by atoms with E-state index in [1.54, 1.807) is 18.3 Å². The molecule has 1 heterocycles. The fraction of sp³-hybridized carbons (Fsp3) is 0.143. The molecule has 0 fully saturated rings. The summed E-state index contributed by atoms with van der Waals surface area (Å²) in [4.78, 5) is 14.5. The molecule has 0 bridgehead atoms. The average Bonchev–Trinajstić information content (AvgIpc) is 2.05. The van der Waals surface area contributed by atoms with Crippen LogP contribution in [-0.4, -0.2) is 16.1 Å². The van der Waals surface area contributed by atoms with Crippen LogP contribution in [0.3, 0.4) is 0 Å². The zero-order chi connectivity index (χ0) is 8.27. The SMILES string of the molecule is Cc1ccc(C(=O)NO)nc1. The maximum atomic E-state index is 10.7. The Labute approximate surface area is 63.8 Å².